The van der Waals surface area contributed by atoms with Gasteiger partial charge in [-0.25, -0.2) is 8.42 Å². The number of sulfone groups is 1. The number of fused-ring (bicyclic) bond motifs is 7. The molecule has 1 saturated heterocycles. The fourth-order valence-electron chi connectivity index (χ4n) is 16.2. The molecule has 1 aliphatic heterocycles. The van der Waals surface area contributed by atoms with Crippen LogP contribution in [0.5, 0.6) is 0 Å². The Morgan fingerprint density at radius 1 is 0.833 bits per heavy atom. The third kappa shape index (κ3) is 7.92. The molecular formula is C46H79N2O10PS. The fraction of sp³-hybridized carbons (Fsp3) is 0.957. The summed E-state index contributed by atoms with van der Waals surface area (Å²) < 4.78 is 49.0. The third-order valence-electron chi connectivity index (χ3n) is 19.8. The van der Waals surface area contributed by atoms with Crippen LogP contribution < -0.4 is 5.32 Å². The Balaban J connectivity index is 1.11. The molecule has 14 atom stereocenters. The minimum atomic E-state index is -4.38. The lowest BCUT2D eigenvalue weighted by molar-refractivity contribution is -0.248. The Morgan fingerprint density at radius 2 is 1.50 bits per heavy atom. The second-order valence-corrected chi connectivity index (χ2v) is 27.3. The van der Waals surface area contributed by atoms with E-state index in [1.54, 1.807) is 0 Å². The molecule has 60 heavy (non-hydrogen) atoms. The van der Waals surface area contributed by atoms with Gasteiger partial charge < -0.3 is 29.7 Å². The van der Waals surface area contributed by atoms with Gasteiger partial charge in [0, 0.05) is 43.1 Å². The maximum atomic E-state index is 13.7. The first-order valence-electron chi connectivity index (χ1n) is 23.4. The monoisotopic (exact) mass is 883 g/mol. The first-order valence-corrected chi connectivity index (χ1v) is 27.0. The van der Waals surface area contributed by atoms with Crippen LogP contribution >= 0.6 is 7.60 Å². The molecular weight excluding hydrogens is 804 g/mol. The van der Waals surface area contributed by atoms with Crippen LogP contribution in [0.2, 0.25) is 0 Å². The number of hydrogen-bond acceptors (Lipinski definition) is 9. The molecule has 6 saturated carbocycles. The van der Waals surface area contributed by atoms with Crippen LogP contribution in [0.1, 0.15) is 140 Å². The van der Waals surface area contributed by atoms with Crippen molar-refractivity contribution in [2.45, 2.75) is 164 Å². The summed E-state index contributed by atoms with van der Waals surface area (Å²) in [5, 5.41) is 13.7. The molecule has 12 nitrogen and oxygen atoms in total. The van der Waals surface area contributed by atoms with Crippen LogP contribution in [-0.4, -0.2) is 101 Å². The van der Waals surface area contributed by atoms with E-state index in [-0.39, 0.29) is 80.5 Å². The average molecular weight is 883 g/mol. The first-order chi connectivity index (χ1) is 27.6. The van der Waals surface area contributed by atoms with E-state index in [1.807, 2.05) is 20.8 Å². The van der Waals surface area contributed by atoms with Gasteiger partial charge in [0.1, 0.15) is 12.5 Å². The van der Waals surface area contributed by atoms with Crippen molar-refractivity contribution in [1.82, 2.24) is 10.2 Å². The van der Waals surface area contributed by atoms with Crippen LogP contribution in [-0.2, 0) is 33.5 Å². The lowest BCUT2D eigenvalue weighted by Crippen LogP contribution is -2.69. The molecule has 7 rings (SSSR count). The number of ether oxygens (including phenoxy) is 2. The van der Waals surface area contributed by atoms with Crippen LogP contribution in [0.15, 0.2) is 0 Å². The second-order valence-electron chi connectivity index (χ2n) is 23.4. The van der Waals surface area contributed by atoms with Gasteiger partial charge in [0.05, 0.1) is 23.5 Å². The van der Waals surface area contributed by atoms with Gasteiger partial charge in [0.15, 0.2) is 9.84 Å². The highest BCUT2D eigenvalue weighted by Crippen LogP contribution is 2.76. The normalized spacial score (nSPS) is 44.1. The van der Waals surface area contributed by atoms with Gasteiger partial charge in [-0.2, -0.15) is 0 Å². The number of esters is 1. The Hall–Kier alpha value is -1.08. The number of hydrogen-bond donors (Lipinski definition) is 4. The van der Waals surface area contributed by atoms with E-state index in [0.717, 1.165) is 44.9 Å². The number of carbonyl (C=O) groups is 2. The molecule has 0 spiro atoms. The number of carboxylic acid groups (broad SMARTS) is 1. The van der Waals surface area contributed by atoms with Gasteiger partial charge in [-0.3, -0.25) is 19.1 Å². The van der Waals surface area contributed by atoms with E-state index >= 15 is 0 Å². The third-order valence-corrected chi connectivity index (χ3v) is 21.9. The maximum Gasteiger partial charge on any atom is 0.350 e. The highest BCUT2D eigenvalue weighted by molar-refractivity contribution is 7.91. The van der Waals surface area contributed by atoms with Crippen LogP contribution in [0.3, 0.4) is 0 Å². The number of carbonyl (C=O) groups excluding carboxylic acids is 1. The van der Waals surface area contributed by atoms with E-state index in [0.29, 0.717) is 55.1 Å². The largest absolute Gasteiger partial charge is 0.481 e. The fourth-order valence-corrected chi connectivity index (χ4v) is 17.8. The van der Waals surface area contributed by atoms with E-state index in [9.17, 15) is 37.5 Å². The van der Waals surface area contributed by atoms with Crippen molar-refractivity contribution in [2.75, 3.05) is 37.5 Å². The SMILES string of the molecule is CC(OCP(=O)(O)O)C(CN[C@]12CC[C@@H](C(C)C)[C@@H]1[C@H]1CC[C@@H]3[C@@]4(C)CC[C@H](OC(=O)[C@H]5[C@@H](CC(=O)O)C5(C)C)C(C)(C)[C@@H]4CC[C@@]3(C)[C@]1(C)CC2)N1CCS(=O)(=O)CC1. The Morgan fingerprint density at radius 3 is 2.12 bits per heavy atom. The predicted octanol–water partition coefficient (Wildman–Crippen LogP) is 7.36. The topological polar surface area (TPSA) is 180 Å². The van der Waals surface area contributed by atoms with Crippen LogP contribution in [0.4, 0.5) is 0 Å². The molecule has 2 unspecified atom stereocenters. The maximum absolute atomic E-state index is 13.7. The lowest BCUT2D eigenvalue weighted by Gasteiger charge is -2.73. The van der Waals surface area contributed by atoms with Gasteiger partial charge in [0.2, 0.25) is 0 Å². The average Bonchev–Trinajstić information content (AvgIpc) is 3.45. The molecule has 0 radical (unpaired) electrons. The van der Waals surface area contributed by atoms with Crippen molar-refractivity contribution in [3.63, 3.8) is 0 Å². The first kappa shape index (κ1) is 46.9. The van der Waals surface area contributed by atoms with Gasteiger partial charge in [-0.1, -0.05) is 62.3 Å². The smallest absolute Gasteiger partial charge is 0.350 e. The Kier molecular flexibility index (Phi) is 12.4. The summed E-state index contributed by atoms with van der Waals surface area (Å²) in [4.78, 5) is 46.7. The van der Waals surface area contributed by atoms with Crippen LogP contribution in [0.25, 0.3) is 0 Å². The molecule has 7 aliphatic rings. The molecule has 0 bridgehead atoms. The zero-order valence-corrected chi connectivity index (χ0v) is 40.1. The summed E-state index contributed by atoms with van der Waals surface area (Å²) in [6.45, 7) is 24.5. The van der Waals surface area contributed by atoms with E-state index in [4.69, 9.17) is 9.47 Å². The molecule has 0 aromatic carbocycles. The van der Waals surface area contributed by atoms with Crippen molar-refractivity contribution in [1.29, 1.82) is 0 Å². The summed E-state index contributed by atoms with van der Waals surface area (Å²) >= 11 is 0. The standard InChI is InChI=1S/C46H79N2O10PS/c1-28(2)30-13-18-46(47-26-33(29(3)57-27-59(52,53)54)48-21-23-60(55,56)24-22-48)20-19-44(9)31(38(30)46)11-12-35-43(8)16-15-36(42(6,7)34(43)14-17-45(35,44)10)58-40(51)39-32(25-37(49)50)41(39,4)5/h28-36,38-39,47H,11-27H2,1-10H3,(H,49,50)(H2,52,53,54)/t29?,30-,31+,32+,33?,34-,35+,36-,38+,39+,43-,44+,45+,46-/m0/s1. The summed E-state index contributed by atoms with van der Waals surface area (Å²) in [6, 6.07) is -0.225. The molecule has 0 aromatic rings. The zero-order chi connectivity index (χ0) is 44.2. The number of rotatable bonds is 13. The molecule has 0 amide bonds. The second kappa shape index (κ2) is 15.8. The van der Waals surface area contributed by atoms with Crippen LogP contribution in [0, 0.1) is 74.4 Å². The van der Waals surface area contributed by atoms with E-state index in [1.165, 1.54) is 19.3 Å². The zero-order valence-electron chi connectivity index (χ0n) is 38.4. The number of carboxylic acids is 1. The minimum Gasteiger partial charge on any atom is -0.481 e. The highest BCUT2D eigenvalue weighted by Gasteiger charge is 2.72. The molecule has 4 N–H and O–H groups in total. The van der Waals surface area contributed by atoms with Gasteiger partial charge in [-0.05, 0) is 134 Å². The van der Waals surface area contributed by atoms with E-state index in [2.05, 4.69) is 58.7 Å². The summed E-state index contributed by atoms with van der Waals surface area (Å²) in [5.41, 5.74) is -0.240. The predicted molar refractivity (Wildman–Crippen MR) is 232 cm³/mol. The van der Waals surface area contributed by atoms with Crippen molar-refractivity contribution >= 4 is 29.4 Å². The molecule has 1 heterocycles. The molecule has 6 aliphatic carbocycles. The van der Waals surface area contributed by atoms with Gasteiger partial charge >= 0.3 is 19.5 Å². The van der Waals surface area contributed by atoms with Gasteiger partial charge in [0.25, 0.3) is 0 Å². The number of nitrogens with one attached hydrogen (secondary N) is 1. The van der Waals surface area contributed by atoms with Crippen molar-refractivity contribution in [3.05, 3.63) is 0 Å². The highest BCUT2D eigenvalue weighted by atomic mass is 32.2. The number of nitrogens with zero attached hydrogens (tertiary/aromatic N) is 1. The van der Waals surface area contributed by atoms with E-state index < -0.39 is 35.9 Å². The van der Waals surface area contributed by atoms with Crippen molar-refractivity contribution < 1.29 is 46.9 Å². The quantitative estimate of drug-likeness (QED) is 0.107. The lowest BCUT2D eigenvalue weighted by atomic mass is 9.32. The molecule has 7 fully saturated rings. The Bertz CT molecular complexity index is 1800. The summed E-state index contributed by atoms with van der Waals surface area (Å²) in [7, 11) is -7.50. The molecule has 0 aromatic heterocycles. The van der Waals surface area contributed by atoms with Crippen molar-refractivity contribution in [2.24, 2.45) is 74.4 Å². The molecule has 14 heteroatoms. The van der Waals surface area contributed by atoms with Gasteiger partial charge in [-0.15, -0.1) is 0 Å². The molecule has 344 valence electrons. The summed E-state index contributed by atoms with van der Waals surface area (Å²) in [5.74, 6) is 1.64. The Labute approximate surface area is 360 Å². The minimum absolute atomic E-state index is 0.000854. The van der Waals surface area contributed by atoms with Crippen molar-refractivity contribution in [3.8, 4) is 0 Å². The number of aliphatic carboxylic acids is 1. The summed E-state index contributed by atoms with van der Waals surface area (Å²) in [6.07, 6.45) is 9.61.